The highest BCUT2D eigenvalue weighted by Crippen LogP contribution is 2.22. The molecule has 18 heavy (non-hydrogen) atoms. The van der Waals surface area contributed by atoms with Crippen LogP contribution in [-0.4, -0.2) is 10.1 Å². The summed E-state index contributed by atoms with van der Waals surface area (Å²) in [6, 6.07) is 4.36. The molecule has 0 aliphatic heterocycles. The van der Waals surface area contributed by atoms with Crippen molar-refractivity contribution in [1.29, 1.82) is 0 Å². The van der Waals surface area contributed by atoms with Crippen LogP contribution < -0.4 is 5.73 Å². The number of benzene rings is 1. The average Bonchev–Trinajstić information content (AvgIpc) is 2.79. The summed E-state index contributed by atoms with van der Waals surface area (Å²) in [4.78, 5) is 4.27. The fourth-order valence-corrected chi connectivity index (χ4v) is 1.57. The molecule has 4 nitrogen and oxygen atoms in total. The summed E-state index contributed by atoms with van der Waals surface area (Å²) in [5.41, 5.74) is 6.21. The Hall–Kier alpha value is -1.91. The van der Waals surface area contributed by atoms with Crippen molar-refractivity contribution in [2.75, 3.05) is 5.73 Å². The molecule has 1 aromatic heterocycles. The van der Waals surface area contributed by atoms with Gasteiger partial charge in [0, 0.05) is 12.0 Å². The summed E-state index contributed by atoms with van der Waals surface area (Å²) >= 11 is 0. The topological polar surface area (TPSA) is 64.9 Å². The summed E-state index contributed by atoms with van der Waals surface area (Å²) in [6.45, 7) is 4.28. The lowest BCUT2D eigenvalue weighted by molar-refractivity contribution is 0.419. The molecule has 0 saturated carbocycles. The normalized spacial score (nSPS) is 11.1. The van der Waals surface area contributed by atoms with E-state index >= 15 is 0 Å². The fraction of sp³-hybridized carbons (Fsp3) is 0.385. The number of nitrogens with two attached hydrogens (primary N) is 1. The van der Waals surface area contributed by atoms with E-state index in [1.165, 1.54) is 12.1 Å². The molecule has 5 heteroatoms. The van der Waals surface area contributed by atoms with Gasteiger partial charge >= 0.3 is 0 Å². The van der Waals surface area contributed by atoms with Crippen LogP contribution in [-0.2, 0) is 6.42 Å². The van der Waals surface area contributed by atoms with E-state index in [0.717, 1.165) is 12.8 Å². The van der Waals surface area contributed by atoms with E-state index < -0.39 is 5.82 Å². The van der Waals surface area contributed by atoms with E-state index in [9.17, 15) is 4.39 Å². The highest BCUT2D eigenvalue weighted by molar-refractivity contribution is 5.59. The van der Waals surface area contributed by atoms with E-state index in [1.54, 1.807) is 6.07 Å². The first kappa shape index (κ1) is 12.5. The van der Waals surface area contributed by atoms with Crippen molar-refractivity contribution in [2.45, 2.75) is 26.7 Å². The Kier molecular flexibility index (Phi) is 3.60. The van der Waals surface area contributed by atoms with Gasteiger partial charge in [-0.15, -0.1) is 0 Å². The second-order valence-electron chi connectivity index (χ2n) is 4.68. The maximum Gasteiger partial charge on any atom is 0.257 e. The van der Waals surface area contributed by atoms with E-state index in [4.69, 9.17) is 10.3 Å². The van der Waals surface area contributed by atoms with Crippen molar-refractivity contribution in [2.24, 2.45) is 5.92 Å². The quantitative estimate of drug-likeness (QED) is 0.846. The average molecular weight is 249 g/mol. The zero-order valence-corrected chi connectivity index (χ0v) is 10.5. The second kappa shape index (κ2) is 5.16. The SMILES string of the molecule is CC(C)CCc1noc(-c2ccc(F)c(N)c2)n1. The number of halogens is 1. The smallest absolute Gasteiger partial charge is 0.257 e. The molecule has 2 rings (SSSR count). The third kappa shape index (κ3) is 2.85. The minimum Gasteiger partial charge on any atom is -0.396 e. The molecular formula is C13H16FN3O. The maximum atomic E-state index is 13.0. The van der Waals surface area contributed by atoms with Gasteiger partial charge in [-0.05, 0) is 30.5 Å². The molecule has 0 aliphatic rings. The number of aromatic nitrogens is 2. The van der Waals surface area contributed by atoms with Crippen molar-refractivity contribution in [3.63, 3.8) is 0 Å². The zero-order chi connectivity index (χ0) is 13.1. The largest absolute Gasteiger partial charge is 0.396 e. The molecule has 0 unspecified atom stereocenters. The molecule has 0 bridgehead atoms. The van der Waals surface area contributed by atoms with Crippen LogP contribution in [0.1, 0.15) is 26.1 Å². The van der Waals surface area contributed by atoms with Crippen LogP contribution >= 0.6 is 0 Å². The monoisotopic (exact) mass is 249 g/mol. The molecular weight excluding hydrogens is 233 g/mol. The van der Waals surface area contributed by atoms with E-state index in [-0.39, 0.29) is 5.69 Å². The molecule has 1 heterocycles. The number of anilines is 1. The van der Waals surface area contributed by atoms with Gasteiger partial charge in [0.2, 0.25) is 0 Å². The molecule has 0 atom stereocenters. The van der Waals surface area contributed by atoms with Gasteiger partial charge in [-0.25, -0.2) is 4.39 Å². The summed E-state index contributed by atoms with van der Waals surface area (Å²) < 4.78 is 18.2. The van der Waals surface area contributed by atoms with Gasteiger partial charge in [0.25, 0.3) is 5.89 Å². The summed E-state index contributed by atoms with van der Waals surface area (Å²) in [6.07, 6.45) is 1.78. The predicted molar refractivity (Wildman–Crippen MR) is 67.3 cm³/mol. The van der Waals surface area contributed by atoms with Crippen molar-refractivity contribution >= 4 is 5.69 Å². The summed E-state index contributed by atoms with van der Waals surface area (Å²) in [5, 5.41) is 3.90. The second-order valence-corrected chi connectivity index (χ2v) is 4.68. The Morgan fingerprint density at radius 1 is 1.39 bits per heavy atom. The van der Waals surface area contributed by atoms with Gasteiger partial charge in [0.15, 0.2) is 5.82 Å². The van der Waals surface area contributed by atoms with E-state index in [0.29, 0.717) is 23.2 Å². The first-order valence-corrected chi connectivity index (χ1v) is 5.94. The standard InChI is InChI=1S/C13H16FN3O/c1-8(2)3-6-12-16-13(18-17-12)9-4-5-10(14)11(15)7-9/h4-5,7-8H,3,6,15H2,1-2H3. The van der Waals surface area contributed by atoms with E-state index in [1.807, 2.05) is 0 Å². The molecule has 0 spiro atoms. The van der Waals surface area contributed by atoms with Gasteiger partial charge in [-0.2, -0.15) is 4.98 Å². The lowest BCUT2D eigenvalue weighted by Gasteiger charge is -1.99. The van der Waals surface area contributed by atoms with Gasteiger partial charge in [-0.1, -0.05) is 19.0 Å². The Labute approximate surface area is 105 Å². The van der Waals surface area contributed by atoms with Crippen molar-refractivity contribution < 1.29 is 8.91 Å². The molecule has 2 aromatic rings. The summed E-state index contributed by atoms with van der Waals surface area (Å²) in [5.74, 6) is 1.19. The highest BCUT2D eigenvalue weighted by Gasteiger charge is 2.10. The first-order valence-electron chi connectivity index (χ1n) is 5.94. The van der Waals surface area contributed by atoms with Gasteiger partial charge in [0.1, 0.15) is 5.82 Å². The lowest BCUT2D eigenvalue weighted by Crippen LogP contribution is -1.94. The minimum atomic E-state index is -0.446. The minimum absolute atomic E-state index is 0.0782. The fourth-order valence-electron chi connectivity index (χ4n) is 1.57. The van der Waals surface area contributed by atoms with Crippen molar-refractivity contribution in [3.05, 3.63) is 29.8 Å². The number of hydrogen-bond donors (Lipinski definition) is 1. The number of nitrogens with zero attached hydrogens (tertiary/aromatic N) is 2. The Morgan fingerprint density at radius 3 is 2.83 bits per heavy atom. The molecule has 0 saturated heterocycles. The number of nitrogen functional groups attached to an aromatic ring is 1. The molecule has 96 valence electrons. The molecule has 1 aromatic carbocycles. The lowest BCUT2D eigenvalue weighted by atomic mass is 10.1. The maximum absolute atomic E-state index is 13.0. The van der Waals surface area contributed by atoms with Crippen LogP contribution in [0.3, 0.4) is 0 Å². The number of rotatable bonds is 4. The Balaban J connectivity index is 2.16. The third-order valence-corrected chi connectivity index (χ3v) is 2.66. The Morgan fingerprint density at radius 2 is 2.17 bits per heavy atom. The molecule has 0 fully saturated rings. The Bertz CT molecular complexity index is 537. The predicted octanol–water partition coefficient (Wildman–Crippen LogP) is 3.05. The van der Waals surface area contributed by atoms with E-state index in [2.05, 4.69) is 24.0 Å². The number of hydrogen-bond acceptors (Lipinski definition) is 4. The highest BCUT2D eigenvalue weighted by atomic mass is 19.1. The third-order valence-electron chi connectivity index (χ3n) is 2.66. The van der Waals surface area contributed by atoms with Crippen LogP contribution in [0.4, 0.5) is 10.1 Å². The van der Waals surface area contributed by atoms with Crippen molar-refractivity contribution in [3.8, 4) is 11.5 Å². The zero-order valence-electron chi connectivity index (χ0n) is 10.5. The molecule has 2 N–H and O–H groups in total. The van der Waals surface area contributed by atoms with Gasteiger partial charge in [0.05, 0.1) is 5.69 Å². The summed E-state index contributed by atoms with van der Waals surface area (Å²) in [7, 11) is 0. The van der Waals surface area contributed by atoms with Crippen LogP contribution in [0, 0.1) is 11.7 Å². The molecule has 0 radical (unpaired) electrons. The van der Waals surface area contributed by atoms with Crippen LogP contribution in [0.5, 0.6) is 0 Å². The van der Waals surface area contributed by atoms with Gasteiger partial charge in [-0.3, -0.25) is 0 Å². The van der Waals surface area contributed by atoms with Crippen LogP contribution in [0.25, 0.3) is 11.5 Å². The molecule has 0 aliphatic carbocycles. The number of aryl methyl sites for hydroxylation is 1. The van der Waals surface area contributed by atoms with Gasteiger partial charge < -0.3 is 10.3 Å². The van der Waals surface area contributed by atoms with Crippen LogP contribution in [0.2, 0.25) is 0 Å². The molecule has 0 amide bonds. The van der Waals surface area contributed by atoms with Crippen LogP contribution in [0.15, 0.2) is 22.7 Å². The first-order chi connectivity index (χ1) is 8.56. The van der Waals surface area contributed by atoms with Crippen molar-refractivity contribution in [1.82, 2.24) is 10.1 Å².